The first-order valence-corrected chi connectivity index (χ1v) is 7.02. The third-order valence-corrected chi connectivity index (χ3v) is 3.78. The summed E-state index contributed by atoms with van der Waals surface area (Å²) in [6.07, 6.45) is 2.93. The van der Waals surface area contributed by atoms with Gasteiger partial charge in [-0.15, -0.1) is 0 Å². The van der Waals surface area contributed by atoms with Crippen LogP contribution in [0.3, 0.4) is 0 Å². The first kappa shape index (κ1) is 14.6. The van der Waals surface area contributed by atoms with Gasteiger partial charge in [0.25, 0.3) is 0 Å². The van der Waals surface area contributed by atoms with Crippen molar-refractivity contribution >= 4 is 12.2 Å². The van der Waals surface area contributed by atoms with Gasteiger partial charge in [0.05, 0.1) is 0 Å². The number of hydrogen-bond donors (Lipinski definition) is 0. The van der Waals surface area contributed by atoms with Gasteiger partial charge in [0.15, 0.2) is 0 Å². The highest BCUT2D eigenvalue weighted by molar-refractivity contribution is 5.62. The Bertz CT molecular complexity index is 488. The molecule has 0 N–H and O–H groups in total. The van der Waals surface area contributed by atoms with Crippen LogP contribution in [0.1, 0.15) is 33.3 Å². The van der Waals surface area contributed by atoms with E-state index in [1.807, 2.05) is 42.5 Å². The van der Waals surface area contributed by atoms with E-state index in [0.717, 1.165) is 5.56 Å². The molecule has 3 heteroatoms. The van der Waals surface area contributed by atoms with Crippen molar-refractivity contribution in [3.8, 4) is 0 Å². The molecule has 3 nitrogen and oxygen atoms in total. The number of ether oxygens (including phenoxy) is 2. The Balaban J connectivity index is 2.21. The van der Waals surface area contributed by atoms with Crippen LogP contribution in [0, 0.1) is 11.3 Å². The standard InChI is InChI=1S/C17H22O3/c1-12(2)15-17(3,4)14(19-16(18)20-15)11-10-13-8-6-5-7-9-13/h5-12,14-15H,1-4H3/b11-10+. The summed E-state index contributed by atoms with van der Waals surface area (Å²) >= 11 is 0. The van der Waals surface area contributed by atoms with E-state index in [4.69, 9.17) is 9.47 Å². The van der Waals surface area contributed by atoms with E-state index in [-0.39, 0.29) is 23.5 Å². The van der Waals surface area contributed by atoms with Crippen molar-refractivity contribution in [2.75, 3.05) is 0 Å². The summed E-state index contributed by atoms with van der Waals surface area (Å²) in [4.78, 5) is 11.6. The van der Waals surface area contributed by atoms with Crippen molar-refractivity contribution in [1.82, 2.24) is 0 Å². The van der Waals surface area contributed by atoms with Gasteiger partial charge in [-0.2, -0.15) is 0 Å². The van der Waals surface area contributed by atoms with E-state index in [0.29, 0.717) is 0 Å². The second-order valence-electron chi connectivity index (χ2n) is 6.16. The molecular weight excluding hydrogens is 252 g/mol. The molecule has 2 rings (SSSR count). The summed E-state index contributed by atoms with van der Waals surface area (Å²) in [5, 5.41) is 0. The van der Waals surface area contributed by atoms with E-state index in [1.165, 1.54) is 0 Å². The van der Waals surface area contributed by atoms with E-state index in [1.54, 1.807) is 0 Å². The van der Waals surface area contributed by atoms with E-state index in [2.05, 4.69) is 27.7 Å². The molecular formula is C17H22O3. The van der Waals surface area contributed by atoms with Gasteiger partial charge in [-0.3, -0.25) is 0 Å². The lowest BCUT2D eigenvalue weighted by Crippen LogP contribution is -2.51. The molecule has 0 bridgehead atoms. The van der Waals surface area contributed by atoms with Gasteiger partial charge in [0, 0.05) is 5.41 Å². The second kappa shape index (κ2) is 5.70. The summed E-state index contributed by atoms with van der Waals surface area (Å²) in [5.74, 6) is 0.255. The molecule has 2 unspecified atom stereocenters. The van der Waals surface area contributed by atoms with Gasteiger partial charge >= 0.3 is 6.16 Å². The largest absolute Gasteiger partial charge is 0.509 e. The number of cyclic esters (lactones) is 2. The third-order valence-electron chi connectivity index (χ3n) is 3.78. The molecule has 20 heavy (non-hydrogen) atoms. The Morgan fingerprint density at radius 2 is 1.80 bits per heavy atom. The van der Waals surface area contributed by atoms with Gasteiger partial charge < -0.3 is 9.47 Å². The molecule has 1 aliphatic heterocycles. The lowest BCUT2D eigenvalue weighted by molar-refractivity contribution is -0.137. The van der Waals surface area contributed by atoms with Crippen LogP contribution >= 0.6 is 0 Å². The average molecular weight is 274 g/mol. The van der Waals surface area contributed by atoms with Crippen LogP contribution in [0.15, 0.2) is 36.4 Å². The molecule has 1 aliphatic rings. The van der Waals surface area contributed by atoms with Crippen molar-refractivity contribution in [2.24, 2.45) is 11.3 Å². The zero-order valence-electron chi connectivity index (χ0n) is 12.5. The maximum atomic E-state index is 11.6. The fourth-order valence-electron chi connectivity index (χ4n) is 2.75. The summed E-state index contributed by atoms with van der Waals surface area (Å²) < 4.78 is 10.7. The number of carbonyl (C=O) groups excluding carboxylic acids is 1. The first-order chi connectivity index (χ1) is 9.41. The molecule has 0 saturated carbocycles. The molecule has 0 aliphatic carbocycles. The Hall–Kier alpha value is -1.77. The van der Waals surface area contributed by atoms with Crippen molar-refractivity contribution in [2.45, 2.75) is 39.9 Å². The number of rotatable bonds is 3. The van der Waals surface area contributed by atoms with E-state index in [9.17, 15) is 4.79 Å². The highest BCUT2D eigenvalue weighted by Gasteiger charge is 2.47. The van der Waals surface area contributed by atoms with Gasteiger partial charge in [-0.25, -0.2) is 4.79 Å². The first-order valence-electron chi connectivity index (χ1n) is 7.02. The van der Waals surface area contributed by atoms with Gasteiger partial charge in [-0.05, 0) is 17.6 Å². The SMILES string of the molecule is CC(C)C1OC(=O)OC(/C=C/c2ccccc2)C1(C)C. The Morgan fingerprint density at radius 3 is 2.40 bits per heavy atom. The maximum Gasteiger partial charge on any atom is 0.509 e. The fraction of sp³-hybridized carbons (Fsp3) is 0.471. The quantitative estimate of drug-likeness (QED) is 0.771. The second-order valence-corrected chi connectivity index (χ2v) is 6.16. The smallest absolute Gasteiger partial charge is 0.430 e. The van der Waals surface area contributed by atoms with Crippen LogP contribution in [0.4, 0.5) is 4.79 Å². The van der Waals surface area contributed by atoms with E-state index < -0.39 is 6.16 Å². The highest BCUT2D eigenvalue weighted by Crippen LogP contribution is 2.38. The monoisotopic (exact) mass is 274 g/mol. The van der Waals surface area contributed by atoms with Crippen LogP contribution in [0.2, 0.25) is 0 Å². The van der Waals surface area contributed by atoms with Gasteiger partial charge in [0.1, 0.15) is 12.2 Å². The zero-order valence-corrected chi connectivity index (χ0v) is 12.5. The highest BCUT2D eigenvalue weighted by atomic mass is 16.7. The molecule has 1 aromatic rings. The average Bonchev–Trinajstić information content (AvgIpc) is 2.40. The van der Waals surface area contributed by atoms with Crippen molar-refractivity contribution in [3.05, 3.63) is 42.0 Å². The summed E-state index contributed by atoms with van der Waals surface area (Å²) in [5.41, 5.74) is 0.833. The van der Waals surface area contributed by atoms with Crippen molar-refractivity contribution in [3.63, 3.8) is 0 Å². The molecule has 1 aromatic carbocycles. The number of carbonyl (C=O) groups is 1. The van der Waals surface area contributed by atoms with Crippen molar-refractivity contribution in [1.29, 1.82) is 0 Å². The normalized spacial score (nSPS) is 25.6. The van der Waals surface area contributed by atoms with Crippen LogP contribution in [0.25, 0.3) is 6.08 Å². The lowest BCUT2D eigenvalue weighted by atomic mass is 9.75. The molecule has 1 fully saturated rings. The Kier molecular flexibility index (Phi) is 4.17. The molecule has 1 saturated heterocycles. The van der Waals surface area contributed by atoms with Crippen molar-refractivity contribution < 1.29 is 14.3 Å². The van der Waals surface area contributed by atoms with Crippen LogP contribution < -0.4 is 0 Å². The number of benzene rings is 1. The topological polar surface area (TPSA) is 35.5 Å². The van der Waals surface area contributed by atoms with Crippen LogP contribution in [-0.4, -0.2) is 18.4 Å². The van der Waals surface area contributed by atoms with Gasteiger partial charge in [0.2, 0.25) is 0 Å². The maximum absolute atomic E-state index is 11.6. The van der Waals surface area contributed by atoms with Crippen LogP contribution in [-0.2, 0) is 9.47 Å². The predicted octanol–water partition coefficient (Wildman–Crippen LogP) is 4.29. The molecule has 0 amide bonds. The number of hydrogen-bond acceptors (Lipinski definition) is 3. The van der Waals surface area contributed by atoms with Gasteiger partial charge in [-0.1, -0.05) is 64.1 Å². The molecule has 108 valence electrons. The molecule has 1 heterocycles. The Morgan fingerprint density at radius 1 is 1.15 bits per heavy atom. The molecule has 0 aromatic heterocycles. The summed E-state index contributed by atoms with van der Waals surface area (Å²) in [6, 6.07) is 9.98. The minimum absolute atomic E-state index is 0.144. The fourth-order valence-corrected chi connectivity index (χ4v) is 2.75. The third kappa shape index (κ3) is 3.03. The predicted molar refractivity (Wildman–Crippen MR) is 79.2 cm³/mol. The van der Waals surface area contributed by atoms with E-state index >= 15 is 0 Å². The summed E-state index contributed by atoms with van der Waals surface area (Å²) in [6.45, 7) is 8.26. The zero-order chi connectivity index (χ0) is 14.8. The lowest BCUT2D eigenvalue weighted by Gasteiger charge is -2.43. The minimum Gasteiger partial charge on any atom is -0.430 e. The summed E-state index contributed by atoms with van der Waals surface area (Å²) in [7, 11) is 0. The molecule has 0 radical (unpaired) electrons. The molecule has 0 spiro atoms. The molecule has 2 atom stereocenters. The van der Waals surface area contributed by atoms with Crippen LogP contribution in [0.5, 0.6) is 0 Å². The minimum atomic E-state index is -0.578. The Labute approximate surface area is 120 Å².